The second-order valence-electron chi connectivity index (χ2n) is 5.97. The Morgan fingerprint density at radius 1 is 1.10 bits per heavy atom. The molecule has 1 aromatic heterocycles. The first kappa shape index (κ1) is 12.7. The van der Waals surface area contributed by atoms with E-state index in [9.17, 15) is 0 Å². The number of nitrogens with zero attached hydrogens (tertiary/aromatic N) is 1. The Morgan fingerprint density at radius 3 is 2.76 bits per heavy atom. The van der Waals surface area contributed by atoms with Crippen molar-refractivity contribution < 1.29 is 9.47 Å². The van der Waals surface area contributed by atoms with Crippen molar-refractivity contribution in [2.75, 3.05) is 18.7 Å². The predicted molar refractivity (Wildman–Crippen MR) is 82.9 cm³/mol. The zero-order chi connectivity index (χ0) is 14.1. The maximum absolute atomic E-state index is 5.48. The SMILES string of the molecule is c1cc2cc3c(cc2c(NCC2CCCCC2)n1)OCO3. The van der Waals surface area contributed by atoms with E-state index in [1.807, 2.05) is 24.4 Å². The third-order valence-electron chi connectivity index (χ3n) is 4.54. The lowest BCUT2D eigenvalue weighted by molar-refractivity contribution is 0.174. The van der Waals surface area contributed by atoms with Crippen LogP contribution in [-0.4, -0.2) is 18.3 Å². The molecule has 4 nitrogen and oxygen atoms in total. The minimum Gasteiger partial charge on any atom is -0.454 e. The third-order valence-corrected chi connectivity index (χ3v) is 4.54. The summed E-state index contributed by atoms with van der Waals surface area (Å²) >= 11 is 0. The summed E-state index contributed by atoms with van der Waals surface area (Å²) in [6, 6.07) is 6.09. The molecule has 2 heterocycles. The molecule has 0 radical (unpaired) electrons. The molecule has 0 saturated heterocycles. The molecule has 110 valence electrons. The maximum atomic E-state index is 5.48. The number of rotatable bonds is 3. The van der Waals surface area contributed by atoms with Crippen LogP contribution >= 0.6 is 0 Å². The Morgan fingerprint density at radius 2 is 1.90 bits per heavy atom. The van der Waals surface area contributed by atoms with Crippen LogP contribution in [0, 0.1) is 5.92 Å². The molecule has 1 N–H and O–H groups in total. The highest BCUT2D eigenvalue weighted by Crippen LogP contribution is 2.37. The van der Waals surface area contributed by atoms with Crippen LogP contribution in [0.25, 0.3) is 10.8 Å². The van der Waals surface area contributed by atoms with E-state index in [4.69, 9.17) is 9.47 Å². The molecule has 0 unspecified atom stereocenters. The summed E-state index contributed by atoms with van der Waals surface area (Å²) in [6.07, 6.45) is 8.66. The smallest absolute Gasteiger partial charge is 0.231 e. The van der Waals surface area contributed by atoms with Crippen LogP contribution in [0.15, 0.2) is 24.4 Å². The number of fused-ring (bicyclic) bond motifs is 2. The molecule has 4 heteroatoms. The molecule has 0 bridgehead atoms. The molecule has 2 aromatic rings. The van der Waals surface area contributed by atoms with E-state index in [0.717, 1.165) is 40.6 Å². The number of ether oxygens (including phenoxy) is 2. The van der Waals surface area contributed by atoms with Gasteiger partial charge in [0.15, 0.2) is 11.5 Å². The lowest BCUT2D eigenvalue weighted by Gasteiger charge is -2.22. The number of hydrogen-bond donors (Lipinski definition) is 1. The number of anilines is 1. The monoisotopic (exact) mass is 284 g/mol. The standard InChI is InChI=1S/C17H20N2O2/c1-2-4-12(5-3-1)10-19-17-14-9-16-15(20-11-21-16)8-13(14)6-7-18-17/h6-9,12H,1-5,10-11H2,(H,18,19). The van der Waals surface area contributed by atoms with Crippen LogP contribution in [0.2, 0.25) is 0 Å². The molecule has 1 aliphatic carbocycles. The zero-order valence-corrected chi connectivity index (χ0v) is 12.1. The maximum Gasteiger partial charge on any atom is 0.231 e. The van der Waals surface area contributed by atoms with E-state index in [-0.39, 0.29) is 0 Å². The van der Waals surface area contributed by atoms with Gasteiger partial charge in [-0.15, -0.1) is 0 Å². The van der Waals surface area contributed by atoms with Gasteiger partial charge in [0.25, 0.3) is 0 Å². The van der Waals surface area contributed by atoms with E-state index in [1.54, 1.807) is 0 Å². The van der Waals surface area contributed by atoms with E-state index in [2.05, 4.69) is 10.3 Å². The number of aromatic nitrogens is 1. The summed E-state index contributed by atoms with van der Waals surface area (Å²) in [6.45, 7) is 1.32. The average Bonchev–Trinajstić information content (AvgIpc) is 2.99. The second kappa shape index (κ2) is 5.43. The van der Waals surface area contributed by atoms with Crippen molar-refractivity contribution in [2.24, 2.45) is 5.92 Å². The first-order valence-electron chi connectivity index (χ1n) is 7.82. The highest BCUT2D eigenvalue weighted by atomic mass is 16.7. The summed E-state index contributed by atoms with van der Waals surface area (Å²) in [4.78, 5) is 4.51. The molecule has 0 atom stereocenters. The molecule has 1 aromatic carbocycles. The first-order chi connectivity index (χ1) is 10.4. The van der Waals surface area contributed by atoms with Gasteiger partial charge in [-0.25, -0.2) is 4.98 Å². The molecule has 21 heavy (non-hydrogen) atoms. The molecule has 1 fully saturated rings. The molecule has 2 aliphatic rings. The molecular formula is C17H20N2O2. The van der Waals surface area contributed by atoms with Gasteiger partial charge >= 0.3 is 0 Å². The summed E-state index contributed by atoms with van der Waals surface area (Å²) in [5, 5.41) is 5.79. The molecule has 1 aliphatic heterocycles. The van der Waals surface area contributed by atoms with Crippen molar-refractivity contribution in [3.8, 4) is 11.5 Å². The summed E-state index contributed by atoms with van der Waals surface area (Å²) in [5.41, 5.74) is 0. The number of hydrogen-bond acceptors (Lipinski definition) is 4. The Balaban J connectivity index is 1.59. The van der Waals surface area contributed by atoms with Crippen LogP contribution in [0.3, 0.4) is 0 Å². The van der Waals surface area contributed by atoms with Crippen molar-refractivity contribution in [1.82, 2.24) is 4.98 Å². The highest BCUT2D eigenvalue weighted by Gasteiger charge is 2.17. The number of nitrogens with one attached hydrogen (secondary N) is 1. The lowest BCUT2D eigenvalue weighted by atomic mass is 9.89. The molecule has 0 amide bonds. The van der Waals surface area contributed by atoms with Crippen molar-refractivity contribution >= 4 is 16.6 Å². The van der Waals surface area contributed by atoms with E-state index in [1.165, 1.54) is 32.1 Å². The van der Waals surface area contributed by atoms with Crippen LogP contribution in [0.1, 0.15) is 32.1 Å². The van der Waals surface area contributed by atoms with Gasteiger partial charge in [0, 0.05) is 18.1 Å². The van der Waals surface area contributed by atoms with Crippen molar-refractivity contribution in [3.05, 3.63) is 24.4 Å². The van der Waals surface area contributed by atoms with E-state index < -0.39 is 0 Å². The van der Waals surface area contributed by atoms with Crippen molar-refractivity contribution in [2.45, 2.75) is 32.1 Å². The largest absolute Gasteiger partial charge is 0.454 e. The Labute approximate surface area is 124 Å². The summed E-state index contributed by atoms with van der Waals surface area (Å²) < 4.78 is 10.9. The second-order valence-corrected chi connectivity index (χ2v) is 5.97. The fourth-order valence-corrected chi connectivity index (χ4v) is 3.34. The summed E-state index contributed by atoms with van der Waals surface area (Å²) in [5.74, 6) is 3.38. The fraction of sp³-hybridized carbons (Fsp3) is 0.471. The van der Waals surface area contributed by atoms with Gasteiger partial charge < -0.3 is 14.8 Å². The van der Waals surface area contributed by atoms with Gasteiger partial charge in [-0.3, -0.25) is 0 Å². The van der Waals surface area contributed by atoms with E-state index >= 15 is 0 Å². The van der Waals surface area contributed by atoms with Gasteiger partial charge in [-0.2, -0.15) is 0 Å². The lowest BCUT2D eigenvalue weighted by Crippen LogP contribution is -2.17. The quantitative estimate of drug-likeness (QED) is 0.926. The van der Waals surface area contributed by atoms with Crippen LogP contribution in [-0.2, 0) is 0 Å². The van der Waals surface area contributed by atoms with Crippen LogP contribution in [0.4, 0.5) is 5.82 Å². The minimum absolute atomic E-state index is 0.309. The topological polar surface area (TPSA) is 43.4 Å². The minimum atomic E-state index is 0.309. The van der Waals surface area contributed by atoms with Crippen molar-refractivity contribution in [1.29, 1.82) is 0 Å². The van der Waals surface area contributed by atoms with Gasteiger partial charge in [0.1, 0.15) is 5.82 Å². The molecule has 1 saturated carbocycles. The van der Waals surface area contributed by atoms with E-state index in [0.29, 0.717) is 6.79 Å². The van der Waals surface area contributed by atoms with Crippen LogP contribution < -0.4 is 14.8 Å². The average molecular weight is 284 g/mol. The van der Waals surface area contributed by atoms with Crippen molar-refractivity contribution in [3.63, 3.8) is 0 Å². The predicted octanol–water partition coefficient (Wildman–Crippen LogP) is 3.96. The number of pyridine rings is 1. The van der Waals surface area contributed by atoms with Gasteiger partial charge in [0.2, 0.25) is 6.79 Å². The molecule has 0 spiro atoms. The summed E-state index contributed by atoms with van der Waals surface area (Å²) in [7, 11) is 0. The zero-order valence-electron chi connectivity index (χ0n) is 12.1. The first-order valence-corrected chi connectivity index (χ1v) is 7.82. The van der Waals surface area contributed by atoms with Gasteiger partial charge in [-0.1, -0.05) is 19.3 Å². The highest BCUT2D eigenvalue weighted by molar-refractivity contribution is 5.94. The number of benzene rings is 1. The fourth-order valence-electron chi connectivity index (χ4n) is 3.34. The third kappa shape index (κ3) is 2.50. The Hall–Kier alpha value is -1.97. The Kier molecular flexibility index (Phi) is 3.30. The Bertz CT molecular complexity index is 651. The van der Waals surface area contributed by atoms with Gasteiger partial charge in [-0.05, 0) is 42.3 Å². The van der Waals surface area contributed by atoms with Crippen LogP contribution in [0.5, 0.6) is 11.5 Å². The molecule has 4 rings (SSSR count). The molecular weight excluding hydrogens is 264 g/mol. The normalized spacial score (nSPS) is 18.1. The van der Waals surface area contributed by atoms with Gasteiger partial charge in [0.05, 0.1) is 0 Å².